The molecule has 2 aromatic rings. The van der Waals surface area contributed by atoms with Crippen LogP contribution in [-0.4, -0.2) is 55.1 Å². The average Bonchev–Trinajstić information content (AvgIpc) is 2.75. The monoisotopic (exact) mass is 432 g/mol. The van der Waals surface area contributed by atoms with Gasteiger partial charge in [-0.2, -0.15) is 0 Å². The highest BCUT2D eigenvalue weighted by Gasteiger charge is 2.19. The number of halogens is 2. The number of phenols is 1. The fourth-order valence-corrected chi connectivity index (χ4v) is 3.66. The van der Waals surface area contributed by atoms with Crippen LogP contribution >= 0.6 is 11.6 Å². The molecule has 0 aliphatic carbocycles. The predicted molar refractivity (Wildman–Crippen MR) is 118 cm³/mol. The van der Waals surface area contributed by atoms with Crippen molar-refractivity contribution in [1.82, 2.24) is 4.90 Å². The van der Waals surface area contributed by atoms with Crippen molar-refractivity contribution in [3.8, 4) is 11.5 Å². The molecule has 0 aromatic heterocycles. The fourth-order valence-electron chi connectivity index (χ4n) is 3.45. The lowest BCUT2D eigenvalue weighted by molar-refractivity contribution is 0.104. The number of carbonyl (C=O) groups is 1. The molecule has 7 heteroatoms. The number of allylic oxidation sites excluding steroid dienone is 1. The lowest BCUT2D eigenvalue weighted by Gasteiger charge is -2.35. The van der Waals surface area contributed by atoms with Crippen molar-refractivity contribution in [2.24, 2.45) is 0 Å². The van der Waals surface area contributed by atoms with Crippen LogP contribution in [0.15, 0.2) is 36.4 Å². The highest BCUT2D eigenvalue weighted by molar-refractivity contribution is 6.32. The van der Waals surface area contributed by atoms with E-state index in [9.17, 15) is 14.3 Å². The lowest BCUT2D eigenvalue weighted by Crippen LogP contribution is -2.46. The van der Waals surface area contributed by atoms with E-state index in [4.69, 9.17) is 16.3 Å². The molecule has 1 fully saturated rings. The second-order valence-electron chi connectivity index (χ2n) is 7.07. The van der Waals surface area contributed by atoms with E-state index in [0.717, 1.165) is 32.7 Å². The molecule has 0 unspecified atom stereocenters. The average molecular weight is 433 g/mol. The molecule has 0 spiro atoms. The first-order valence-electron chi connectivity index (χ1n) is 10.1. The van der Waals surface area contributed by atoms with Gasteiger partial charge in [0.15, 0.2) is 17.3 Å². The van der Waals surface area contributed by atoms with Gasteiger partial charge in [0.2, 0.25) is 0 Å². The second-order valence-corrected chi connectivity index (χ2v) is 7.47. The number of anilines is 1. The number of hydrogen-bond acceptors (Lipinski definition) is 5. The van der Waals surface area contributed by atoms with Gasteiger partial charge in [0.05, 0.1) is 17.3 Å². The van der Waals surface area contributed by atoms with Crippen LogP contribution in [0.1, 0.15) is 29.8 Å². The number of hydrogen-bond donors (Lipinski definition) is 1. The molecular weight excluding hydrogens is 407 g/mol. The lowest BCUT2D eigenvalue weighted by atomic mass is 10.1. The predicted octanol–water partition coefficient (Wildman–Crippen LogP) is 4.62. The van der Waals surface area contributed by atoms with Gasteiger partial charge in [-0.15, -0.1) is 0 Å². The minimum absolute atomic E-state index is 0.131. The third kappa shape index (κ3) is 5.12. The van der Waals surface area contributed by atoms with Gasteiger partial charge in [0.1, 0.15) is 5.82 Å². The molecule has 160 valence electrons. The third-order valence-corrected chi connectivity index (χ3v) is 5.46. The summed E-state index contributed by atoms with van der Waals surface area (Å²) in [5.74, 6) is -0.612. The Balaban J connectivity index is 1.72. The Bertz CT molecular complexity index is 940. The second kappa shape index (κ2) is 9.96. The van der Waals surface area contributed by atoms with Crippen LogP contribution in [0.3, 0.4) is 0 Å². The van der Waals surface area contributed by atoms with Crippen LogP contribution in [-0.2, 0) is 0 Å². The SMILES string of the molecule is CCOc1cc(/C=C/C(=O)c2ccc(N3CCN(CC)CC3)c(F)c2)cc(Cl)c1O. The van der Waals surface area contributed by atoms with E-state index in [1.165, 1.54) is 18.2 Å². The molecule has 1 N–H and O–H groups in total. The van der Waals surface area contributed by atoms with E-state index in [0.29, 0.717) is 17.9 Å². The van der Waals surface area contributed by atoms with Gasteiger partial charge in [-0.3, -0.25) is 4.79 Å². The molecule has 0 atom stereocenters. The maximum absolute atomic E-state index is 14.7. The Morgan fingerprint density at radius 3 is 2.57 bits per heavy atom. The summed E-state index contributed by atoms with van der Waals surface area (Å²) in [5, 5.41) is 10.0. The summed E-state index contributed by atoms with van der Waals surface area (Å²) >= 11 is 6.01. The molecule has 0 radical (unpaired) electrons. The van der Waals surface area contributed by atoms with Crippen LogP contribution in [0.25, 0.3) is 6.08 Å². The third-order valence-electron chi connectivity index (χ3n) is 5.17. The Hall–Kier alpha value is -2.57. The zero-order chi connectivity index (χ0) is 21.7. The van der Waals surface area contributed by atoms with Crippen LogP contribution in [0.2, 0.25) is 5.02 Å². The molecule has 2 aromatic carbocycles. The first-order valence-corrected chi connectivity index (χ1v) is 10.4. The first-order chi connectivity index (χ1) is 14.4. The van der Waals surface area contributed by atoms with Crippen LogP contribution in [0.4, 0.5) is 10.1 Å². The van der Waals surface area contributed by atoms with Gasteiger partial charge in [-0.25, -0.2) is 4.39 Å². The molecule has 0 saturated carbocycles. The number of ketones is 1. The molecule has 1 heterocycles. The van der Waals surface area contributed by atoms with E-state index in [1.54, 1.807) is 31.2 Å². The summed E-state index contributed by atoms with van der Waals surface area (Å²) in [5.41, 5.74) is 1.40. The number of aromatic hydroxyl groups is 1. The molecule has 1 saturated heterocycles. The number of phenolic OH excluding ortho intramolecular Hbond substituents is 1. The smallest absolute Gasteiger partial charge is 0.185 e. The highest BCUT2D eigenvalue weighted by atomic mass is 35.5. The molecule has 30 heavy (non-hydrogen) atoms. The minimum atomic E-state index is -0.398. The molecule has 3 rings (SSSR count). The minimum Gasteiger partial charge on any atom is -0.503 e. The van der Waals surface area contributed by atoms with E-state index in [1.807, 2.05) is 4.90 Å². The summed E-state index contributed by atoms with van der Waals surface area (Å²) in [6, 6.07) is 7.72. The van der Waals surface area contributed by atoms with Crippen molar-refractivity contribution >= 4 is 29.1 Å². The Kier molecular flexibility index (Phi) is 7.34. The molecule has 0 amide bonds. The van der Waals surface area contributed by atoms with Crippen molar-refractivity contribution in [1.29, 1.82) is 0 Å². The van der Waals surface area contributed by atoms with Crippen molar-refractivity contribution in [3.05, 3.63) is 58.4 Å². The maximum atomic E-state index is 14.7. The van der Waals surface area contributed by atoms with Gasteiger partial charge in [-0.05, 0) is 55.4 Å². The maximum Gasteiger partial charge on any atom is 0.185 e. The van der Waals surface area contributed by atoms with Crippen molar-refractivity contribution < 1.29 is 19.0 Å². The summed E-state index contributed by atoms with van der Waals surface area (Å²) in [6.45, 7) is 8.61. The number of benzene rings is 2. The summed E-state index contributed by atoms with van der Waals surface area (Å²) < 4.78 is 20.0. The van der Waals surface area contributed by atoms with Crippen molar-refractivity contribution in [2.75, 3.05) is 44.2 Å². The van der Waals surface area contributed by atoms with E-state index in [2.05, 4.69) is 11.8 Å². The first kappa shape index (κ1) is 22.1. The van der Waals surface area contributed by atoms with E-state index < -0.39 is 5.82 Å². The van der Waals surface area contributed by atoms with Crippen LogP contribution < -0.4 is 9.64 Å². The van der Waals surface area contributed by atoms with Crippen LogP contribution in [0, 0.1) is 5.82 Å². The fraction of sp³-hybridized carbons (Fsp3) is 0.348. The molecule has 1 aliphatic heterocycles. The zero-order valence-corrected chi connectivity index (χ0v) is 18.0. The number of carbonyl (C=O) groups excluding carboxylic acids is 1. The van der Waals surface area contributed by atoms with Crippen molar-refractivity contribution in [2.45, 2.75) is 13.8 Å². The number of likely N-dealkylation sites (N-methyl/N-ethyl adjacent to an activating group) is 1. The Morgan fingerprint density at radius 2 is 1.93 bits per heavy atom. The topological polar surface area (TPSA) is 53.0 Å². The van der Waals surface area contributed by atoms with Crippen LogP contribution in [0.5, 0.6) is 11.5 Å². The summed E-state index contributed by atoms with van der Waals surface area (Å²) in [4.78, 5) is 16.9. The van der Waals surface area contributed by atoms with Crippen molar-refractivity contribution in [3.63, 3.8) is 0 Å². The van der Waals surface area contributed by atoms with E-state index in [-0.39, 0.29) is 27.9 Å². The van der Waals surface area contributed by atoms with Gasteiger partial charge in [-0.1, -0.05) is 24.6 Å². The zero-order valence-electron chi connectivity index (χ0n) is 17.2. The highest BCUT2D eigenvalue weighted by Crippen LogP contribution is 2.35. The molecule has 1 aliphatic rings. The van der Waals surface area contributed by atoms with Gasteiger partial charge < -0.3 is 19.6 Å². The quantitative estimate of drug-likeness (QED) is 0.511. The standard InChI is InChI=1S/C23H26ClFN2O3/c1-3-26-9-11-27(12-10-26)20-7-6-17(15-19(20)25)21(28)8-5-16-13-18(24)23(29)22(14-16)30-4-2/h5-8,13-15,29H,3-4,9-12H2,1-2H3/b8-5+. The van der Waals surface area contributed by atoms with Gasteiger partial charge in [0.25, 0.3) is 0 Å². The largest absolute Gasteiger partial charge is 0.503 e. The number of rotatable bonds is 7. The van der Waals surface area contributed by atoms with E-state index >= 15 is 0 Å². The summed E-state index contributed by atoms with van der Waals surface area (Å²) in [6.07, 6.45) is 2.92. The number of ether oxygens (including phenoxy) is 1. The molecule has 0 bridgehead atoms. The Labute approximate surface area is 181 Å². The molecule has 5 nitrogen and oxygen atoms in total. The van der Waals surface area contributed by atoms with Gasteiger partial charge in [0, 0.05) is 31.7 Å². The normalized spacial score (nSPS) is 15.0. The summed E-state index contributed by atoms with van der Waals surface area (Å²) in [7, 11) is 0. The number of piperazine rings is 1. The Morgan fingerprint density at radius 1 is 1.20 bits per heavy atom. The molecular formula is C23H26ClFN2O3. The number of nitrogens with zero attached hydrogens (tertiary/aromatic N) is 2. The van der Waals surface area contributed by atoms with Gasteiger partial charge >= 0.3 is 0 Å².